The summed E-state index contributed by atoms with van der Waals surface area (Å²) < 4.78 is 5.67. The quantitative estimate of drug-likeness (QED) is 0.555. The molecule has 0 bridgehead atoms. The van der Waals surface area contributed by atoms with E-state index in [1.54, 1.807) is 0 Å². The van der Waals surface area contributed by atoms with Crippen molar-refractivity contribution in [1.82, 2.24) is 10.2 Å². The van der Waals surface area contributed by atoms with Gasteiger partial charge in [-0.25, -0.2) is 0 Å². The number of aromatic nitrogens is 2. The average Bonchev–Trinajstić information content (AvgIpc) is 2.68. The number of hydrogen-bond donors (Lipinski definition) is 0. The second-order valence-corrected chi connectivity index (χ2v) is 6.16. The molecule has 0 aliphatic rings. The number of rotatable bonds is 8. The van der Waals surface area contributed by atoms with Gasteiger partial charge in [0.15, 0.2) is 0 Å². The molecule has 0 aliphatic heterocycles. The van der Waals surface area contributed by atoms with E-state index in [1.165, 1.54) is 11.1 Å². The van der Waals surface area contributed by atoms with Gasteiger partial charge in [0, 0.05) is 18.4 Å². The Morgan fingerprint density at radius 1 is 0.680 bits per heavy atom. The Hall–Kier alpha value is -2.39. The third kappa shape index (κ3) is 5.57. The monoisotopic (exact) mass is 352 g/mol. The maximum Gasteiger partial charge on any atom is 0.233 e. The molecule has 0 atom stereocenters. The molecule has 0 aliphatic carbocycles. The van der Waals surface area contributed by atoms with E-state index in [0.717, 1.165) is 30.5 Å². The van der Waals surface area contributed by atoms with Crippen LogP contribution in [0.25, 0.3) is 0 Å². The molecule has 0 saturated heterocycles. The number of nitrogens with zero attached hydrogens (tertiary/aromatic N) is 2. The van der Waals surface area contributed by atoms with Crippen molar-refractivity contribution in [1.29, 1.82) is 0 Å². The van der Waals surface area contributed by atoms with Crippen LogP contribution in [-0.4, -0.2) is 16.8 Å². The van der Waals surface area contributed by atoms with Gasteiger partial charge in [0.25, 0.3) is 0 Å². The van der Waals surface area contributed by atoms with Crippen LogP contribution in [0.15, 0.2) is 66.7 Å². The minimum Gasteiger partial charge on any atom is -0.476 e. The van der Waals surface area contributed by atoms with E-state index in [4.69, 9.17) is 16.3 Å². The highest BCUT2D eigenvalue weighted by molar-refractivity contribution is 6.17. The molecule has 1 aromatic heterocycles. The number of aryl methyl sites for hydroxylation is 2. The van der Waals surface area contributed by atoms with Gasteiger partial charge in [-0.1, -0.05) is 54.6 Å². The van der Waals surface area contributed by atoms with Gasteiger partial charge in [0.05, 0.1) is 12.3 Å². The van der Waals surface area contributed by atoms with Crippen molar-refractivity contribution < 1.29 is 4.74 Å². The molecule has 0 saturated carbocycles. The summed E-state index contributed by atoms with van der Waals surface area (Å²) in [6.45, 7) is 0.602. The summed E-state index contributed by atoms with van der Waals surface area (Å²) in [5.41, 5.74) is 4.64. The van der Waals surface area contributed by atoms with E-state index in [1.807, 2.05) is 30.3 Å². The lowest BCUT2D eigenvalue weighted by molar-refractivity contribution is 0.305. The Morgan fingerprint density at radius 2 is 1.40 bits per heavy atom. The molecular weight excluding hydrogens is 332 g/mol. The molecule has 3 aromatic rings. The van der Waals surface area contributed by atoms with Crippen LogP contribution in [-0.2, 0) is 25.1 Å². The van der Waals surface area contributed by atoms with Crippen LogP contribution < -0.4 is 4.74 Å². The topological polar surface area (TPSA) is 35.0 Å². The molecule has 0 radical (unpaired) electrons. The Labute approximate surface area is 153 Å². The highest BCUT2D eigenvalue weighted by Crippen LogP contribution is 2.11. The Kier molecular flexibility index (Phi) is 6.41. The van der Waals surface area contributed by atoms with Crippen LogP contribution in [0.5, 0.6) is 5.88 Å². The number of alkyl halides is 1. The zero-order chi connectivity index (χ0) is 17.3. The first kappa shape index (κ1) is 17.4. The lowest BCUT2D eigenvalue weighted by atomic mass is 10.1. The lowest BCUT2D eigenvalue weighted by Crippen LogP contribution is -2.04. The minimum atomic E-state index is 0.553. The molecule has 128 valence electrons. The van der Waals surface area contributed by atoms with Gasteiger partial charge in [-0.2, -0.15) is 5.10 Å². The summed E-state index contributed by atoms with van der Waals surface area (Å²) in [5, 5.41) is 8.42. The fourth-order valence-corrected chi connectivity index (χ4v) is 2.72. The predicted molar refractivity (Wildman–Crippen MR) is 101 cm³/mol. The average molecular weight is 353 g/mol. The van der Waals surface area contributed by atoms with Crippen molar-refractivity contribution in [3.05, 3.63) is 89.1 Å². The first-order chi connectivity index (χ1) is 12.3. The lowest BCUT2D eigenvalue weighted by Gasteiger charge is -2.06. The van der Waals surface area contributed by atoms with Gasteiger partial charge in [0.1, 0.15) is 0 Å². The van der Waals surface area contributed by atoms with Crippen LogP contribution in [0.3, 0.4) is 0 Å². The predicted octanol–water partition coefficient (Wildman–Crippen LogP) is 4.62. The van der Waals surface area contributed by atoms with Crippen LogP contribution in [0.1, 0.15) is 22.4 Å². The molecule has 3 nitrogen and oxygen atoms in total. The summed E-state index contributed by atoms with van der Waals surface area (Å²) in [6.07, 6.45) is 2.66. The summed E-state index contributed by atoms with van der Waals surface area (Å²) in [5.74, 6) is 1.13. The standard InChI is InChI=1S/C21H21ClN2O/c22-16-19-8-6-18(7-9-19)10-11-20-12-13-21(24-23-20)25-15-14-17-4-2-1-3-5-17/h1-9,12-13H,10-11,14-16H2. The van der Waals surface area contributed by atoms with E-state index >= 15 is 0 Å². The summed E-state index contributed by atoms with van der Waals surface area (Å²) >= 11 is 5.81. The first-order valence-electron chi connectivity index (χ1n) is 8.46. The SMILES string of the molecule is ClCc1ccc(CCc2ccc(OCCc3ccccc3)nn2)cc1. The van der Waals surface area contributed by atoms with Crippen molar-refractivity contribution in [2.75, 3.05) is 6.61 Å². The van der Waals surface area contributed by atoms with E-state index in [0.29, 0.717) is 18.4 Å². The van der Waals surface area contributed by atoms with Gasteiger partial charge >= 0.3 is 0 Å². The molecule has 0 amide bonds. The molecule has 4 heteroatoms. The molecule has 0 N–H and O–H groups in total. The summed E-state index contributed by atoms with van der Waals surface area (Å²) in [4.78, 5) is 0. The third-order valence-corrected chi connectivity index (χ3v) is 4.33. The van der Waals surface area contributed by atoms with Crippen molar-refractivity contribution in [2.45, 2.75) is 25.1 Å². The van der Waals surface area contributed by atoms with E-state index < -0.39 is 0 Å². The van der Waals surface area contributed by atoms with Gasteiger partial charge in [0.2, 0.25) is 5.88 Å². The highest BCUT2D eigenvalue weighted by Gasteiger charge is 2.01. The summed E-state index contributed by atoms with van der Waals surface area (Å²) in [7, 11) is 0. The van der Waals surface area contributed by atoms with Gasteiger partial charge in [-0.15, -0.1) is 16.7 Å². The van der Waals surface area contributed by atoms with Crippen molar-refractivity contribution in [3.63, 3.8) is 0 Å². The van der Waals surface area contributed by atoms with E-state index in [2.05, 4.69) is 46.6 Å². The van der Waals surface area contributed by atoms with Crippen molar-refractivity contribution in [2.24, 2.45) is 0 Å². The largest absolute Gasteiger partial charge is 0.476 e. The second kappa shape index (κ2) is 9.19. The van der Waals surface area contributed by atoms with E-state index in [9.17, 15) is 0 Å². The Morgan fingerprint density at radius 3 is 2.08 bits per heavy atom. The van der Waals surface area contributed by atoms with Gasteiger partial charge in [-0.3, -0.25) is 0 Å². The molecule has 25 heavy (non-hydrogen) atoms. The number of halogens is 1. The molecule has 0 spiro atoms. The Balaban J connectivity index is 1.45. The maximum atomic E-state index is 5.81. The van der Waals surface area contributed by atoms with Crippen LogP contribution in [0.2, 0.25) is 0 Å². The molecule has 0 fully saturated rings. The molecule has 2 aromatic carbocycles. The highest BCUT2D eigenvalue weighted by atomic mass is 35.5. The zero-order valence-electron chi connectivity index (χ0n) is 14.1. The van der Waals surface area contributed by atoms with Crippen molar-refractivity contribution >= 4 is 11.6 Å². The minimum absolute atomic E-state index is 0.553. The van der Waals surface area contributed by atoms with Crippen LogP contribution in [0, 0.1) is 0 Å². The Bertz CT molecular complexity index is 758. The number of ether oxygens (including phenoxy) is 1. The van der Waals surface area contributed by atoms with Gasteiger partial charge < -0.3 is 4.74 Å². The number of hydrogen-bond acceptors (Lipinski definition) is 3. The fourth-order valence-electron chi connectivity index (χ4n) is 2.54. The second-order valence-electron chi connectivity index (χ2n) is 5.90. The van der Waals surface area contributed by atoms with Crippen molar-refractivity contribution in [3.8, 4) is 5.88 Å². The van der Waals surface area contributed by atoms with Crippen LogP contribution >= 0.6 is 11.6 Å². The fraction of sp³-hybridized carbons (Fsp3) is 0.238. The van der Waals surface area contributed by atoms with E-state index in [-0.39, 0.29) is 0 Å². The smallest absolute Gasteiger partial charge is 0.233 e. The van der Waals surface area contributed by atoms with Gasteiger partial charge in [-0.05, 0) is 35.6 Å². The van der Waals surface area contributed by atoms with Crippen LogP contribution in [0.4, 0.5) is 0 Å². The molecular formula is C21H21ClN2O. The molecule has 1 heterocycles. The molecule has 3 rings (SSSR count). The normalized spacial score (nSPS) is 10.6. The number of benzene rings is 2. The maximum absolute atomic E-state index is 5.81. The summed E-state index contributed by atoms with van der Waals surface area (Å²) in [6, 6.07) is 22.5. The zero-order valence-corrected chi connectivity index (χ0v) is 14.8. The first-order valence-corrected chi connectivity index (χ1v) is 9.00. The molecule has 0 unspecified atom stereocenters. The third-order valence-electron chi connectivity index (χ3n) is 4.03.